The van der Waals surface area contributed by atoms with Gasteiger partial charge in [-0.2, -0.15) is 0 Å². The van der Waals surface area contributed by atoms with Crippen molar-refractivity contribution in [3.8, 4) is 0 Å². The van der Waals surface area contributed by atoms with Crippen LogP contribution < -0.4 is 10.9 Å². The Kier molecular flexibility index (Phi) is 7.17. The van der Waals surface area contributed by atoms with Gasteiger partial charge >= 0.3 is 0 Å². The van der Waals surface area contributed by atoms with Gasteiger partial charge in [-0.1, -0.05) is 44.5 Å². The van der Waals surface area contributed by atoms with E-state index in [1.54, 1.807) is 17.0 Å². The first kappa shape index (κ1) is 22.7. The van der Waals surface area contributed by atoms with Gasteiger partial charge in [-0.15, -0.1) is 0 Å². The van der Waals surface area contributed by atoms with Crippen molar-refractivity contribution in [1.29, 1.82) is 0 Å². The Morgan fingerprint density at radius 1 is 1.03 bits per heavy atom. The summed E-state index contributed by atoms with van der Waals surface area (Å²) in [5.74, 6) is 1.27. The van der Waals surface area contributed by atoms with Crippen LogP contribution in [0.25, 0.3) is 21.9 Å². The van der Waals surface area contributed by atoms with Crippen LogP contribution in [0.3, 0.4) is 0 Å². The SMILES string of the molecule is CC(C)CC(NC(=O)CCCCCn1cnc2ccccc2c1=O)c1nc2ccccc2[nH]1. The van der Waals surface area contributed by atoms with E-state index in [0.717, 1.165) is 48.1 Å². The number of para-hydroxylation sites is 3. The van der Waals surface area contributed by atoms with Gasteiger partial charge in [-0.3, -0.25) is 14.2 Å². The van der Waals surface area contributed by atoms with E-state index in [0.29, 0.717) is 24.3 Å². The van der Waals surface area contributed by atoms with Gasteiger partial charge in [-0.25, -0.2) is 9.97 Å². The number of nitrogens with one attached hydrogen (secondary N) is 2. The summed E-state index contributed by atoms with van der Waals surface area (Å²) in [7, 11) is 0. The second kappa shape index (κ2) is 10.4. The van der Waals surface area contributed by atoms with Crippen LogP contribution in [-0.2, 0) is 11.3 Å². The van der Waals surface area contributed by atoms with Crippen LogP contribution in [0.4, 0.5) is 0 Å². The predicted octanol–water partition coefficient (Wildman–Crippen LogP) is 4.74. The lowest BCUT2D eigenvalue weighted by molar-refractivity contribution is -0.122. The minimum atomic E-state index is -0.132. The van der Waals surface area contributed by atoms with Crippen LogP contribution >= 0.6 is 0 Å². The monoisotopic (exact) mass is 445 g/mol. The number of aromatic amines is 1. The Morgan fingerprint density at radius 3 is 2.58 bits per heavy atom. The third-order valence-corrected chi connectivity index (χ3v) is 5.81. The topological polar surface area (TPSA) is 92.7 Å². The minimum Gasteiger partial charge on any atom is -0.346 e. The molecular formula is C26H31N5O2. The number of aromatic nitrogens is 4. The third kappa shape index (κ3) is 5.66. The van der Waals surface area contributed by atoms with E-state index in [2.05, 4.69) is 34.1 Å². The van der Waals surface area contributed by atoms with Crippen molar-refractivity contribution < 1.29 is 4.79 Å². The number of carbonyl (C=O) groups is 1. The summed E-state index contributed by atoms with van der Waals surface area (Å²) in [4.78, 5) is 37.6. The molecule has 0 saturated carbocycles. The van der Waals surface area contributed by atoms with Crippen LogP contribution in [0, 0.1) is 5.92 Å². The maximum Gasteiger partial charge on any atom is 0.261 e. The van der Waals surface area contributed by atoms with Gasteiger partial charge in [-0.05, 0) is 49.4 Å². The molecule has 33 heavy (non-hydrogen) atoms. The highest BCUT2D eigenvalue weighted by molar-refractivity contribution is 5.78. The summed E-state index contributed by atoms with van der Waals surface area (Å²) in [6.07, 6.45) is 5.36. The van der Waals surface area contributed by atoms with Crippen LogP contribution in [0.2, 0.25) is 0 Å². The normalized spacial score (nSPS) is 12.5. The number of H-pyrrole nitrogens is 1. The number of benzene rings is 2. The highest BCUT2D eigenvalue weighted by Gasteiger charge is 2.19. The minimum absolute atomic E-state index is 0.0132. The van der Waals surface area contributed by atoms with Crippen molar-refractivity contribution in [3.63, 3.8) is 0 Å². The van der Waals surface area contributed by atoms with Gasteiger partial charge in [0, 0.05) is 13.0 Å². The largest absolute Gasteiger partial charge is 0.346 e. The lowest BCUT2D eigenvalue weighted by Crippen LogP contribution is -2.30. The number of nitrogens with zero attached hydrogens (tertiary/aromatic N) is 3. The Hall–Kier alpha value is -3.48. The van der Waals surface area contributed by atoms with E-state index in [1.807, 2.05) is 42.5 Å². The molecule has 2 heterocycles. The van der Waals surface area contributed by atoms with Crippen LogP contribution in [0.15, 0.2) is 59.7 Å². The van der Waals surface area contributed by atoms with Gasteiger partial charge in [0.15, 0.2) is 0 Å². The third-order valence-electron chi connectivity index (χ3n) is 5.81. The molecule has 0 bridgehead atoms. The number of imidazole rings is 1. The first-order valence-electron chi connectivity index (χ1n) is 11.7. The Bertz CT molecular complexity index is 1260. The number of hydrogen-bond acceptors (Lipinski definition) is 4. The number of amides is 1. The molecule has 2 aromatic heterocycles. The average molecular weight is 446 g/mol. The van der Waals surface area contributed by atoms with Gasteiger partial charge < -0.3 is 10.3 Å². The van der Waals surface area contributed by atoms with E-state index in [9.17, 15) is 9.59 Å². The first-order chi connectivity index (χ1) is 16.0. The molecule has 4 aromatic rings. The van der Waals surface area contributed by atoms with Crippen molar-refractivity contribution in [1.82, 2.24) is 24.8 Å². The molecule has 0 spiro atoms. The van der Waals surface area contributed by atoms with Gasteiger partial charge in [0.05, 0.1) is 34.3 Å². The first-order valence-corrected chi connectivity index (χ1v) is 11.7. The smallest absolute Gasteiger partial charge is 0.261 e. The Labute approximate surface area is 193 Å². The molecule has 0 aliphatic rings. The predicted molar refractivity (Wildman–Crippen MR) is 131 cm³/mol. The van der Waals surface area contributed by atoms with Gasteiger partial charge in [0.1, 0.15) is 5.82 Å². The molecule has 1 amide bonds. The van der Waals surface area contributed by atoms with Crippen LogP contribution in [0.1, 0.15) is 57.8 Å². The summed E-state index contributed by atoms with van der Waals surface area (Å²) in [6, 6.07) is 15.2. The molecule has 2 aromatic carbocycles. The zero-order chi connectivity index (χ0) is 23.2. The number of unbranched alkanes of at least 4 members (excludes halogenated alkanes) is 2. The maximum absolute atomic E-state index is 12.6. The van der Waals surface area contributed by atoms with E-state index < -0.39 is 0 Å². The molecule has 0 aliphatic heterocycles. The summed E-state index contributed by atoms with van der Waals surface area (Å²) >= 11 is 0. The molecule has 1 atom stereocenters. The second-order valence-corrected chi connectivity index (χ2v) is 8.96. The van der Waals surface area contributed by atoms with Gasteiger partial charge in [0.25, 0.3) is 5.56 Å². The van der Waals surface area contributed by atoms with Crippen molar-refractivity contribution >= 4 is 27.8 Å². The van der Waals surface area contributed by atoms with Crippen LogP contribution in [0.5, 0.6) is 0 Å². The molecular weight excluding hydrogens is 414 g/mol. The maximum atomic E-state index is 12.6. The highest BCUT2D eigenvalue weighted by atomic mass is 16.1. The number of aryl methyl sites for hydroxylation is 1. The summed E-state index contributed by atoms with van der Waals surface area (Å²) in [6.45, 7) is 4.89. The summed E-state index contributed by atoms with van der Waals surface area (Å²) in [5.41, 5.74) is 2.60. The quantitative estimate of drug-likeness (QED) is 0.345. The molecule has 0 radical (unpaired) electrons. The standard InChI is InChI=1S/C26H31N5O2/c1-18(2)16-23(25-29-21-12-7-8-13-22(21)30-25)28-24(32)14-4-3-9-15-31-17-27-20-11-6-5-10-19(20)26(31)33/h5-8,10-13,17-18,23H,3-4,9,14-16H2,1-2H3,(H,28,32)(H,29,30). The van der Waals surface area contributed by atoms with Crippen molar-refractivity contribution in [3.05, 3.63) is 71.0 Å². The van der Waals surface area contributed by atoms with E-state index in [-0.39, 0.29) is 17.5 Å². The molecule has 7 heteroatoms. The lowest BCUT2D eigenvalue weighted by Gasteiger charge is -2.18. The highest BCUT2D eigenvalue weighted by Crippen LogP contribution is 2.22. The van der Waals surface area contributed by atoms with Crippen LogP contribution in [-0.4, -0.2) is 25.4 Å². The Morgan fingerprint density at radius 2 is 1.79 bits per heavy atom. The number of rotatable bonds is 10. The van der Waals surface area contributed by atoms with Crippen molar-refractivity contribution in [2.24, 2.45) is 5.92 Å². The fraction of sp³-hybridized carbons (Fsp3) is 0.385. The Balaban J connectivity index is 1.28. The average Bonchev–Trinajstić information content (AvgIpc) is 3.24. The number of fused-ring (bicyclic) bond motifs is 2. The zero-order valence-corrected chi connectivity index (χ0v) is 19.3. The molecule has 7 nitrogen and oxygen atoms in total. The van der Waals surface area contributed by atoms with Gasteiger partial charge in [0.2, 0.25) is 5.91 Å². The molecule has 4 rings (SSSR count). The molecule has 1 unspecified atom stereocenters. The molecule has 0 saturated heterocycles. The summed E-state index contributed by atoms with van der Waals surface area (Å²) in [5, 5.41) is 3.81. The van der Waals surface area contributed by atoms with E-state index in [1.165, 1.54) is 0 Å². The zero-order valence-electron chi connectivity index (χ0n) is 19.3. The molecule has 0 fully saturated rings. The van der Waals surface area contributed by atoms with Crippen molar-refractivity contribution in [2.45, 2.75) is 58.5 Å². The number of hydrogen-bond donors (Lipinski definition) is 2. The molecule has 2 N–H and O–H groups in total. The van der Waals surface area contributed by atoms with E-state index in [4.69, 9.17) is 0 Å². The fourth-order valence-electron chi connectivity index (χ4n) is 4.12. The molecule has 0 aliphatic carbocycles. The lowest BCUT2D eigenvalue weighted by atomic mass is 10.0. The van der Waals surface area contributed by atoms with E-state index >= 15 is 0 Å². The molecule has 172 valence electrons. The second-order valence-electron chi connectivity index (χ2n) is 8.96. The summed E-state index contributed by atoms with van der Waals surface area (Å²) < 4.78 is 1.66. The van der Waals surface area contributed by atoms with Crippen molar-refractivity contribution in [2.75, 3.05) is 0 Å². The number of carbonyl (C=O) groups excluding carboxylic acids is 1. The fourth-order valence-corrected chi connectivity index (χ4v) is 4.12.